The number of aromatic nitrogens is 4. The summed E-state index contributed by atoms with van der Waals surface area (Å²) in [5.41, 5.74) is 0.905. The van der Waals surface area contributed by atoms with Gasteiger partial charge in [-0.3, -0.25) is 4.98 Å². The average molecular weight is 313 g/mol. The summed E-state index contributed by atoms with van der Waals surface area (Å²) >= 11 is 1.52. The fraction of sp³-hybridized carbons (Fsp3) is 0.200. The first-order valence-electron chi connectivity index (χ1n) is 6.87. The summed E-state index contributed by atoms with van der Waals surface area (Å²) in [5.74, 6) is 1.87. The van der Waals surface area contributed by atoms with Crippen LogP contribution in [0.2, 0.25) is 0 Å². The summed E-state index contributed by atoms with van der Waals surface area (Å²) in [5, 5.41) is 3.93. The third-order valence-corrected chi connectivity index (χ3v) is 3.70. The number of hydrogen-bond acceptors (Lipinski definition) is 7. The standard InChI is InChI=1S/C15H15N5OS/c1-3-21-14-8-13(18-10(2)19-14)20-15-17-9-12(22-15)11-6-4-5-7-16-11/h4-9H,3H2,1-2H3,(H,17,18,19,20). The average Bonchev–Trinajstić information content (AvgIpc) is 2.96. The molecule has 1 N–H and O–H groups in total. The van der Waals surface area contributed by atoms with E-state index < -0.39 is 0 Å². The van der Waals surface area contributed by atoms with Crippen LogP contribution in [-0.4, -0.2) is 26.5 Å². The molecular formula is C15H15N5OS. The molecule has 0 unspecified atom stereocenters. The van der Waals surface area contributed by atoms with Gasteiger partial charge in [0.15, 0.2) is 5.13 Å². The molecule has 3 rings (SSSR count). The molecule has 0 amide bonds. The van der Waals surface area contributed by atoms with Gasteiger partial charge in [-0.05, 0) is 26.0 Å². The van der Waals surface area contributed by atoms with E-state index in [1.165, 1.54) is 11.3 Å². The number of pyridine rings is 1. The van der Waals surface area contributed by atoms with E-state index in [0.717, 1.165) is 15.7 Å². The van der Waals surface area contributed by atoms with Crippen molar-refractivity contribution < 1.29 is 4.74 Å². The highest BCUT2D eigenvalue weighted by Gasteiger charge is 2.08. The molecule has 0 atom stereocenters. The Balaban J connectivity index is 1.81. The summed E-state index contributed by atoms with van der Waals surface area (Å²) < 4.78 is 5.42. The Morgan fingerprint density at radius 1 is 1.23 bits per heavy atom. The van der Waals surface area contributed by atoms with E-state index >= 15 is 0 Å². The van der Waals surface area contributed by atoms with Gasteiger partial charge in [0.2, 0.25) is 5.88 Å². The highest BCUT2D eigenvalue weighted by atomic mass is 32.1. The van der Waals surface area contributed by atoms with Gasteiger partial charge in [-0.2, -0.15) is 4.98 Å². The number of ether oxygens (including phenoxy) is 1. The smallest absolute Gasteiger partial charge is 0.218 e. The van der Waals surface area contributed by atoms with Gasteiger partial charge < -0.3 is 10.1 Å². The third kappa shape index (κ3) is 3.37. The largest absolute Gasteiger partial charge is 0.478 e. The maximum atomic E-state index is 5.42. The van der Waals surface area contributed by atoms with Crippen LogP contribution < -0.4 is 10.1 Å². The van der Waals surface area contributed by atoms with Gasteiger partial charge in [-0.1, -0.05) is 17.4 Å². The Hall–Kier alpha value is -2.54. The quantitative estimate of drug-likeness (QED) is 0.778. The molecule has 3 heterocycles. The van der Waals surface area contributed by atoms with Gasteiger partial charge in [-0.15, -0.1) is 0 Å². The highest BCUT2D eigenvalue weighted by molar-refractivity contribution is 7.18. The number of aryl methyl sites for hydroxylation is 1. The number of anilines is 2. The monoisotopic (exact) mass is 313 g/mol. The van der Waals surface area contributed by atoms with Gasteiger partial charge in [0.1, 0.15) is 11.6 Å². The molecule has 0 radical (unpaired) electrons. The van der Waals surface area contributed by atoms with Crippen LogP contribution >= 0.6 is 11.3 Å². The lowest BCUT2D eigenvalue weighted by molar-refractivity contribution is 0.325. The number of thiazole rings is 1. The van der Waals surface area contributed by atoms with E-state index in [4.69, 9.17) is 4.74 Å². The van der Waals surface area contributed by atoms with E-state index in [1.807, 2.05) is 32.0 Å². The van der Waals surface area contributed by atoms with Gasteiger partial charge >= 0.3 is 0 Å². The first-order chi connectivity index (χ1) is 10.7. The highest BCUT2D eigenvalue weighted by Crippen LogP contribution is 2.29. The minimum absolute atomic E-state index is 0.555. The Kier molecular flexibility index (Phi) is 4.24. The fourth-order valence-corrected chi connectivity index (χ4v) is 2.69. The van der Waals surface area contributed by atoms with Crippen LogP contribution in [0.15, 0.2) is 36.7 Å². The van der Waals surface area contributed by atoms with Crippen molar-refractivity contribution in [3.05, 3.63) is 42.5 Å². The predicted molar refractivity (Wildman–Crippen MR) is 86.6 cm³/mol. The number of nitrogens with one attached hydrogen (secondary N) is 1. The van der Waals surface area contributed by atoms with Crippen molar-refractivity contribution in [2.45, 2.75) is 13.8 Å². The molecule has 0 fully saturated rings. The molecule has 3 aromatic rings. The predicted octanol–water partition coefficient (Wildman–Crippen LogP) is 3.45. The summed E-state index contributed by atoms with van der Waals surface area (Å²) in [6.07, 6.45) is 3.57. The zero-order valence-electron chi connectivity index (χ0n) is 12.3. The van der Waals surface area contributed by atoms with E-state index in [1.54, 1.807) is 18.5 Å². The van der Waals surface area contributed by atoms with Gasteiger partial charge in [0.25, 0.3) is 0 Å². The molecule has 3 aromatic heterocycles. The van der Waals surface area contributed by atoms with Crippen molar-refractivity contribution in [3.63, 3.8) is 0 Å². The van der Waals surface area contributed by atoms with Crippen LogP contribution in [0.25, 0.3) is 10.6 Å². The van der Waals surface area contributed by atoms with Crippen molar-refractivity contribution in [1.29, 1.82) is 0 Å². The lowest BCUT2D eigenvalue weighted by Crippen LogP contribution is -2.01. The zero-order valence-corrected chi connectivity index (χ0v) is 13.1. The summed E-state index contributed by atoms with van der Waals surface area (Å²) in [6, 6.07) is 7.57. The molecule has 0 aliphatic heterocycles. The van der Waals surface area contributed by atoms with Crippen molar-refractivity contribution in [1.82, 2.24) is 19.9 Å². The SMILES string of the molecule is CCOc1cc(Nc2ncc(-c3ccccn3)s2)nc(C)n1. The van der Waals surface area contributed by atoms with Crippen molar-refractivity contribution in [3.8, 4) is 16.5 Å². The first-order valence-corrected chi connectivity index (χ1v) is 7.69. The Morgan fingerprint density at radius 2 is 2.14 bits per heavy atom. The normalized spacial score (nSPS) is 10.5. The molecular weight excluding hydrogens is 298 g/mol. The first kappa shape index (κ1) is 14.4. The molecule has 22 heavy (non-hydrogen) atoms. The second-order valence-electron chi connectivity index (χ2n) is 4.44. The summed E-state index contributed by atoms with van der Waals surface area (Å²) in [7, 11) is 0. The molecule has 112 valence electrons. The minimum atomic E-state index is 0.555. The zero-order chi connectivity index (χ0) is 15.4. The number of hydrogen-bond donors (Lipinski definition) is 1. The van der Waals surface area contributed by atoms with Crippen LogP contribution in [0.3, 0.4) is 0 Å². The van der Waals surface area contributed by atoms with E-state index in [-0.39, 0.29) is 0 Å². The lowest BCUT2D eigenvalue weighted by Gasteiger charge is -2.06. The molecule has 0 saturated carbocycles. The molecule has 0 aliphatic carbocycles. The van der Waals surface area contributed by atoms with Crippen LogP contribution in [0.5, 0.6) is 5.88 Å². The van der Waals surface area contributed by atoms with Crippen LogP contribution in [0.4, 0.5) is 10.9 Å². The third-order valence-electron chi connectivity index (χ3n) is 2.76. The lowest BCUT2D eigenvalue weighted by atomic mass is 10.3. The molecule has 7 heteroatoms. The van der Waals surface area contributed by atoms with Crippen molar-refractivity contribution >= 4 is 22.3 Å². The fourth-order valence-electron chi connectivity index (χ4n) is 1.89. The van der Waals surface area contributed by atoms with E-state index in [9.17, 15) is 0 Å². The topological polar surface area (TPSA) is 72.8 Å². The molecule has 6 nitrogen and oxygen atoms in total. The van der Waals surface area contributed by atoms with Crippen LogP contribution in [0.1, 0.15) is 12.7 Å². The Bertz CT molecular complexity index is 760. The Labute approximate surface area is 132 Å². The second-order valence-corrected chi connectivity index (χ2v) is 5.47. The van der Waals surface area contributed by atoms with Gasteiger partial charge in [0, 0.05) is 18.5 Å². The summed E-state index contributed by atoms with van der Waals surface area (Å²) in [6.45, 7) is 4.32. The van der Waals surface area contributed by atoms with Crippen molar-refractivity contribution in [2.75, 3.05) is 11.9 Å². The number of rotatable bonds is 5. The van der Waals surface area contributed by atoms with Gasteiger partial charge in [-0.25, -0.2) is 9.97 Å². The number of nitrogens with zero attached hydrogens (tertiary/aromatic N) is 4. The molecule has 0 aromatic carbocycles. The minimum Gasteiger partial charge on any atom is -0.478 e. The summed E-state index contributed by atoms with van der Waals surface area (Å²) in [4.78, 5) is 18.2. The van der Waals surface area contributed by atoms with Crippen LogP contribution in [-0.2, 0) is 0 Å². The van der Waals surface area contributed by atoms with Crippen molar-refractivity contribution in [2.24, 2.45) is 0 Å². The van der Waals surface area contributed by atoms with Crippen LogP contribution in [0, 0.1) is 6.92 Å². The second kappa shape index (κ2) is 6.48. The molecule has 0 spiro atoms. The molecule has 0 aliphatic rings. The maximum Gasteiger partial charge on any atom is 0.218 e. The maximum absolute atomic E-state index is 5.42. The molecule has 0 saturated heterocycles. The Morgan fingerprint density at radius 3 is 2.91 bits per heavy atom. The van der Waals surface area contributed by atoms with E-state index in [2.05, 4.69) is 25.3 Å². The van der Waals surface area contributed by atoms with Gasteiger partial charge in [0.05, 0.1) is 17.2 Å². The van der Waals surface area contributed by atoms with E-state index in [0.29, 0.717) is 24.1 Å². The molecule has 0 bridgehead atoms.